The molecule has 2 rings (SSSR count). The molecule has 1 unspecified atom stereocenters. The smallest absolute Gasteiger partial charge is 0.0618 e. The van der Waals surface area contributed by atoms with Crippen molar-refractivity contribution in [3.63, 3.8) is 0 Å². The normalized spacial score (nSPS) is 18.4. The number of aliphatic hydroxyl groups excluding tert-OH is 1. The van der Waals surface area contributed by atoms with Gasteiger partial charge in [0, 0.05) is 13.2 Å². The molecule has 0 heterocycles. The van der Waals surface area contributed by atoms with Crippen molar-refractivity contribution in [1.29, 1.82) is 0 Å². The summed E-state index contributed by atoms with van der Waals surface area (Å²) in [4.78, 5) is 0. The number of hydrogen-bond acceptors (Lipinski definition) is 3. The van der Waals surface area contributed by atoms with E-state index in [1.54, 1.807) is 0 Å². The van der Waals surface area contributed by atoms with Crippen LogP contribution in [-0.4, -0.2) is 31.0 Å². The first kappa shape index (κ1) is 19.4. The van der Waals surface area contributed by atoms with E-state index in [4.69, 9.17) is 15.6 Å². The molecule has 0 spiro atoms. The Kier molecular flexibility index (Phi) is 8.79. The number of ether oxygens (including phenoxy) is 1. The van der Waals surface area contributed by atoms with Crippen molar-refractivity contribution in [2.75, 3.05) is 19.8 Å². The van der Waals surface area contributed by atoms with Gasteiger partial charge in [-0.15, -0.1) is 0 Å². The predicted molar refractivity (Wildman–Crippen MR) is 100 cm³/mol. The molecule has 3 nitrogen and oxygen atoms in total. The summed E-state index contributed by atoms with van der Waals surface area (Å²) in [5.74, 6) is 0.421. The molecule has 0 fully saturated rings. The van der Waals surface area contributed by atoms with Crippen LogP contribution in [0.25, 0.3) is 0 Å². The van der Waals surface area contributed by atoms with Crippen molar-refractivity contribution in [2.45, 2.75) is 76.7 Å². The van der Waals surface area contributed by atoms with Gasteiger partial charge in [-0.2, -0.15) is 0 Å². The summed E-state index contributed by atoms with van der Waals surface area (Å²) in [5.41, 5.74) is 10.3. The third-order valence-corrected chi connectivity index (χ3v) is 5.23. The van der Waals surface area contributed by atoms with Crippen LogP contribution in [0.2, 0.25) is 0 Å². The molecule has 1 aromatic carbocycles. The Morgan fingerprint density at radius 3 is 2.83 bits per heavy atom. The van der Waals surface area contributed by atoms with Crippen LogP contribution >= 0.6 is 0 Å². The van der Waals surface area contributed by atoms with E-state index in [0.717, 1.165) is 45.1 Å². The quantitative estimate of drug-likeness (QED) is 0.603. The van der Waals surface area contributed by atoms with Gasteiger partial charge in [0.05, 0.1) is 6.10 Å². The fraction of sp³-hybridized carbons (Fsp3) is 0.714. The first-order chi connectivity index (χ1) is 11.8. The molecule has 1 aromatic rings. The Balaban J connectivity index is 1.90. The first-order valence-corrected chi connectivity index (χ1v) is 9.82. The first-order valence-electron chi connectivity index (χ1n) is 9.82. The van der Waals surface area contributed by atoms with Crippen LogP contribution in [0.15, 0.2) is 18.2 Å². The molecule has 136 valence electrons. The molecule has 3 heteroatoms. The van der Waals surface area contributed by atoms with Crippen molar-refractivity contribution >= 4 is 0 Å². The van der Waals surface area contributed by atoms with Gasteiger partial charge in [0.1, 0.15) is 0 Å². The average Bonchev–Trinajstić information content (AvgIpc) is 2.62. The molecule has 1 aliphatic carbocycles. The standard InChI is InChI=1S/C21H35NO2/c1-2-3-6-13-24-21-11-10-17-14-18(8-9-19(17)15-21)20(16-22)7-4-5-12-23/h8-9,14,20-21,23H,2-7,10-13,15-16,22H2,1H3/t20-,21?/m1/s1. The van der Waals surface area contributed by atoms with Gasteiger partial charge in [0.15, 0.2) is 0 Å². The predicted octanol–water partition coefficient (Wildman–Crippen LogP) is 3.96. The molecular formula is C21H35NO2. The maximum atomic E-state index is 8.95. The molecule has 0 radical (unpaired) electrons. The molecular weight excluding hydrogens is 298 g/mol. The fourth-order valence-electron chi connectivity index (χ4n) is 3.66. The lowest BCUT2D eigenvalue weighted by molar-refractivity contribution is 0.0419. The van der Waals surface area contributed by atoms with Crippen LogP contribution in [0.5, 0.6) is 0 Å². The lowest BCUT2D eigenvalue weighted by Crippen LogP contribution is -2.23. The van der Waals surface area contributed by atoms with Gasteiger partial charge < -0.3 is 15.6 Å². The minimum Gasteiger partial charge on any atom is -0.396 e. The van der Waals surface area contributed by atoms with Crippen LogP contribution in [0.3, 0.4) is 0 Å². The minimum atomic E-state index is 0.279. The van der Waals surface area contributed by atoms with Crippen LogP contribution in [0.4, 0.5) is 0 Å². The van der Waals surface area contributed by atoms with E-state index >= 15 is 0 Å². The molecule has 0 bridgehead atoms. The van der Waals surface area contributed by atoms with E-state index in [9.17, 15) is 0 Å². The third kappa shape index (κ3) is 5.87. The van der Waals surface area contributed by atoms with E-state index < -0.39 is 0 Å². The van der Waals surface area contributed by atoms with E-state index in [-0.39, 0.29) is 6.61 Å². The fourth-order valence-corrected chi connectivity index (χ4v) is 3.66. The zero-order valence-electron chi connectivity index (χ0n) is 15.3. The second-order valence-corrected chi connectivity index (χ2v) is 7.12. The largest absolute Gasteiger partial charge is 0.396 e. The van der Waals surface area contributed by atoms with E-state index in [1.807, 2.05) is 0 Å². The zero-order valence-corrected chi connectivity index (χ0v) is 15.3. The molecule has 2 atom stereocenters. The van der Waals surface area contributed by atoms with E-state index in [2.05, 4.69) is 25.1 Å². The second kappa shape index (κ2) is 10.9. The lowest BCUT2D eigenvalue weighted by Gasteiger charge is -2.26. The van der Waals surface area contributed by atoms with Crippen molar-refractivity contribution in [1.82, 2.24) is 0 Å². The highest BCUT2D eigenvalue weighted by molar-refractivity contribution is 5.36. The van der Waals surface area contributed by atoms with Gasteiger partial charge in [0.25, 0.3) is 0 Å². The Bertz CT molecular complexity index is 475. The Morgan fingerprint density at radius 2 is 2.08 bits per heavy atom. The second-order valence-electron chi connectivity index (χ2n) is 7.12. The number of aryl methyl sites for hydroxylation is 1. The highest BCUT2D eigenvalue weighted by Crippen LogP contribution is 2.29. The molecule has 0 aromatic heterocycles. The summed E-state index contributed by atoms with van der Waals surface area (Å²) >= 11 is 0. The minimum absolute atomic E-state index is 0.279. The van der Waals surface area contributed by atoms with Crippen LogP contribution in [0, 0.1) is 0 Å². The molecule has 0 aliphatic heterocycles. The number of unbranched alkanes of at least 4 members (excludes halogenated alkanes) is 3. The molecule has 3 N–H and O–H groups in total. The van der Waals surface area contributed by atoms with Crippen molar-refractivity contribution in [2.24, 2.45) is 5.73 Å². The number of rotatable bonds is 11. The molecule has 0 amide bonds. The van der Waals surface area contributed by atoms with E-state index in [0.29, 0.717) is 18.6 Å². The SMILES string of the molecule is CCCCCOC1CCc2cc([C@@H](CN)CCCCO)ccc2C1. The van der Waals surface area contributed by atoms with Gasteiger partial charge in [-0.3, -0.25) is 0 Å². The maximum absolute atomic E-state index is 8.95. The number of aliphatic hydroxyl groups is 1. The summed E-state index contributed by atoms with van der Waals surface area (Å²) in [6.07, 6.45) is 10.4. The monoisotopic (exact) mass is 333 g/mol. The van der Waals surface area contributed by atoms with Crippen molar-refractivity contribution in [3.8, 4) is 0 Å². The van der Waals surface area contributed by atoms with Gasteiger partial charge in [-0.05, 0) is 67.7 Å². The van der Waals surface area contributed by atoms with Gasteiger partial charge in [-0.1, -0.05) is 44.4 Å². The van der Waals surface area contributed by atoms with Gasteiger partial charge in [0.2, 0.25) is 0 Å². The number of nitrogens with two attached hydrogens (primary N) is 1. The highest BCUT2D eigenvalue weighted by Gasteiger charge is 2.20. The van der Waals surface area contributed by atoms with E-state index in [1.165, 1.54) is 36.0 Å². The lowest BCUT2D eigenvalue weighted by atomic mass is 9.85. The zero-order chi connectivity index (χ0) is 17.2. The van der Waals surface area contributed by atoms with Crippen LogP contribution < -0.4 is 5.73 Å². The van der Waals surface area contributed by atoms with Crippen molar-refractivity contribution < 1.29 is 9.84 Å². The molecule has 24 heavy (non-hydrogen) atoms. The van der Waals surface area contributed by atoms with Gasteiger partial charge >= 0.3 is 0 Å². The average molecular weight is 334 g/mol. The molecule has 0 saturated carbocycles. The number of fused-ring (bicyclic) bond motifs is 1. The van der Waals surface area contributed by atoms with Crippen molar-refractivity contribution in [3.05, 3.63) is 34.9 Å². The van der Waals surface area contributed by atoms with Crippen LogP contribution in [0.1, 0.15) is 74.5 Å². The molecule has 0 saturated heterocycles. The summed E-state index contributed by atoms with van der Waals surface area (Å²) in [7, 11) is 0. The summed E-state index contributed by atoms with van der Waals surface area (Å²) in [6, 6.07) is 6.93. The summed E-state index contributed by atoms with van der Waals surface area (Å²) in [5, 5.41) is 8.95. The number of benzene rings is 1. The molecule has 1 aliphatic rings. The summed E-state index contributed by atoms with van der Waals surface area (Å²) < 4.78 is 6.06. The maximum Gasteiger partial charge on any atom is 0.0618 e. The Labute approximate surface area is 147 Å². The third-order valence-electron chi connectivity index (χ3n) is 5.23. The van der Waals surface area contributed by atoms with Gasteiger partial charge in [-0.25, -0.2) is 0 Å². The number of hydrogen-bond donors (Lipinski definition) is 2. The Morgan fingerprint density at radius 1 is 1.21 bits per heavy atom. The highest BCUT2D eigenvalue weighted by atomic mass is 16.5. The van der Waals surface area contributed by atoms with Crippen LogP contribution in [-0.2, 0) is 17.6 Å². The topological polar surface area (TPSA) is 55.5 Å². The Hall–Kier alpha value is -0.900. The summed E-state index contributed by atoms with van der Waals surface area (Å²) in [6.45, 7) is 4.10.